The van der Waals surface area contributed by atoms with Gasteiger partial charge in [-0.3, -0.25) is 4.79 Å². The van der Waals surface area contributed by atoms with Crippen molar-refractivity contribution in [2.45, 2.75) is 32.6 Å². The van der Waals surface area contributed by atoms with Gasteiger partial charge in [0.15, 0.2) is 5.82 Å². The van der Waals surface area contributed by atoms with Gasteiger partial charge >= 0.3 is 0 Å². The molecule has 1 heterocycles. The predicted molar refractivity (Wildman–Crippen MR) is 45.8 cm³/mol. The molecule has 72 valence electrons. The number of nitrogens with zero attached hydrogens (tertiary/aromatic N) is 2. The summed E-state index contributed by atoms with van der Waals surface area (Å²) in [5.41, 5.74) is 4.98. The van der Waals surface area contributed by atoms with Gasteiger partial charge in [0, 0.05) is 19.3 Å². The molecule has 1 rings (SSSR count). The third-order valence-corrected chi connectivity index (χ3v) is 1.57. The fraction of sp³-hybridized carbons (Fsp3) is 0.625. The summed E-state index contributed by atoms with van der Waals surface area (Å²) < 4.78 is 4.90. The SMILES string of the molecule is CCCc1noc(CCC(N)=O)n1. The fourth-order valence-electron chi connectivity index (χ4n) is 0.947. The van der Waals surface area contributed by atoms with Gasteiger partial charge in [-0.15, -0.1) is 0 Å². The molecule has 0 fully saturated rings. The van der Waals surface area contributed by atoms with E-state index in [9.17, 15) is 4.79 Å². The van der Waals surface area contributed by atoms with Crippen LogP contribution in [0.25, 0.3) is 0 Å². The first-order chi connectivity index (χ1) is 6.22. The van der Waals surface area contributed by atoms with Crippen LogP contribution in [-0.2, 0) is 17.6 Å². The van der Waals surface area contributed by atoms with Gasteiger partial charge < -0.3 is 10.3 Å². The monoisotopic (exact) mass is 183 g/mol. The summed E-state index contributed by atoms with van der Waals surface area (Å²) in [7, 11) is 0. The maximum Gasteiger partial charge on any atom is 0.227 e. The van der Waals surface area contributed by atoms with Crippen LogP contribution in [0.4, 0.5) is 0 Å². The minimum atomic E-state index is -0.352. The summed E-state index contributed by atoms with van der Waals surface area (Å²) in [6.45, 7) is 2.04. The Kier molecular flexibility index (Phi) is 3.42. The number of primary amides is 1. The molecule has 1 aromatic heterocycles. The standard InChI is InChI=1S/C8H13N3O2/c1-2-3-7-10-8(13-11-7)5-4-6(9)12/h2-5H2,1H3,(H2,9,12). The lowest BCUT2D eigenvalue weighted by atomic mass is 10.3. The molecule has 0 spiro atoms. The molecular formula is C8H13N3O2. The van der Waals surface area contributed by atoms with Crippen molar-refractivity contribution in [1.82, 2.24) is 10.1 Å². The molecule has 0 atom stereocenters. The zero-order valence-electron chi connectivity index (χ0n) is 7.62. The first kappa shape index (κ1) is 9.70. The van der Waals surface area contributed by atoms with Gasteiger partial charge in [0.25, 0.3) is 0 Å². The van der Waals surface area contributed by atoms with Gasteiger partial charge in [0.1, 0.15) is 0 Å². The van der Waals surface area contributed by atoms with E-state index in [2.05, 4.69) is 10.1 Å². The van der Waals surface area contributed by atoms with Crippen molar-refractivity contribution < 1.29 is 9.32 Å². The van der Waals surface area contributed by atoms with Gasteiger partial charge in [0.05, 0.1) is 0 Å². The Labute approximate surface area is 76.3 Å². The van der Waals surface area contributed by atoms with E-state index in [1.165, 1.54) is 0 Å². The molecule has 1 aromatic rings. The summed E-state index contributed by atoms with van der Waals surface area (Å²) in [6.07, 6.45) is 2.48. The van der Waals surface area contributed by atoms with E-state index in [0.717, 1.165) is 12.8 Å². The molecule has 0 aliphatic carbocycles. The highest BCUT2D eigenvalue weighted by Gasteiger charge is 2.06. The highest BCUT2D eigenvalue weighted by atomic mass is 16.5. The van der Waals surface area contributed by atoms with Crippen molar-refractivity contribution in [3.63, 3.8) is 0 Å². The van der Waals surface area contributed by atoms with Crippen LogP contribution in [0, 0.1) is 0 Å². The van der Waals surface area contributed by atoms with Crippen molar-refractivity contribution in [2.75, 3.05) is 0 Å². The Balaban J connectivity index is 2.44. The average molecular weight is 183 g/mol. The molecule has 1 amide bonds. The van der Waals surface area contributed by atoms with Crippen LogP contribution < -0.4 is 5.73 Å². The molecule has 0 unspecified atom stereocenters. The normalized spacial score (nSPS) is 10.2. The minimum absolute atomic E-state index is 0.258. The van der Waals surface area contributed by atoms with E-state index in [4.69, 9.17) is 10.3 Å². The number of nitrogens with two attached hydrogens (primary N) is 1. The Bertz CT molecular complexity index is 283. The number of carbonyl (C=O) groups is 1. The van der Waals surface area contributed by atoms with Crippen LogP contribution in [0.3, 0.4) is 0 Å². The number of aryl methyl sites for hydroxylation is 2. The highest BCUT2D eigenvalue weighted by molar-refractivity contribution is 5.73. The summed E-state index contributed by atoms with van der Waals surface area (Å²) >= 11 is 0. The lowest BCUT2D eigenvalue weighted by Crippen LogP contribution is -2.11. The van der Waals surface area contributed by atoms with Crippen molar-refractivity contribution in [3.8, 4) is 0 Å². The van der Waals surface area contributed by atoms with E-state index >= 15 is 0 Å². The van der Waals surface area contributed by atoms with Crippen molar-refractivity contribution in [1.29, 1.82) is 0 Å². The van der Waals surface area contributed by atoms with Crippen molar-refractivity contribution in [2.24, 2.45) is 5.73 Å². The molecule has 2 N–H and O–H groups in total. The smallest absolute Gasteiger partial charge is 0.227 e. The maximum absolute atomic E-state index is 10.4. The first-order valence-corrected chi connectivity index (χ1v) is 4.32. The van der Waals surface area contributed by atoms with E-state index in [-0.39, 0.29) is 12.3 Å². The molecule has 0 bridgehead atoms. The number of amides is 1. The number of carbonyl (C=O) groups excluding carboxylic acids is 1. The van der Waals surface area contributed by atoms with E-state index < -0.39 is 0 Å². The quantitative estimate of drug-likeness (QED) is 0.718. The zero-order chi connectivity index (χ0) is 9.68. The van der Waals surface area contributed by atoms with Gasteiger partial charge in [-0.25, -0.2) is 0 Å². The topological polar surface area (TPSA) is 82.0 Å². The third-order valence-electron chi connectivity index (χ3n) is 1.57. The van der Waals surface area contributed by atoms with Crippen LogP contribution in [0.15, 0.2) is 4.52 Å². The molecule has 0 aromatic carbocycles. The Hall–Kier alpha value is -1.39. The molecule has 0 aliphatic heterocycles. The van der Waals surface area contributed by atoms with E-state index in [1.54, 1.807) is 0 Å². The molecule has 0 radical (unpaired) electrons. The number of hydrogen-bond donors (Lipinski definition) is 1. The number of rotatable bonds is 5. The van der Waals surface area contributed by atoms with Crippen LogP contribution in [0.1, 0.15) is 31.5 Å². The van der Waals surface area contributed by atoms with Crippen molar-refractivity contribution >= 4 is 5.91 Å². The first-order valence-electron chi connectivity index (χ1n) is 4.32. The Morgan fingerprint density at radius 2 is 2.31 bits per heavy atom. The molecular weight excluding hydrogens is 170 g/mol. The molecule has 0 aliphatic rings. The van der Waals surface area contributed by atoms with Gasteiger partial charge in [-0.2, -0.15) is 4.98 Å². The second kappa shape index (κ2) is 4.59. The zero-order valence-corrected chi connectivity index (χ0v) is 7.62. The summed E-state index contributed by atoms with van der Waals surface area (Å²) in [5, 5.41) is 3.75. The second-order valence-electron chi connectivity index (χ2n) is 2.82. The summed E-state index contributed by atoms with van der Waals surface area (Å²) in [6, 6.07) is 0. The minimum Gasteiger partial charge on any atom is -0.370 e. The lowest BCUT2D eigenvalue weighted by Gasteiger charge is -1.88. The predicted octanol–water partition coefficient (Wildman–Crippen LogP) is 0.440. The molecule has 0 saturated carbocycles. The van der Waals surface area contributed by atoms with E-state index in [1.807, 2.05) is 6.92 Å². The van der Waals surface area contributed by atoms with Crippen LogP contribution in [0.5, 0.6) is 0 Å². The summed E-state index contributed by atoms with van der Waals surface area (Å²) in [4.78, 5) is 14.5. The average Bonchev–Trinajstić information content (AvgIpc) is 2.50. The van der Waals surface area contributed by atoms with Crippen LogP contribution in [0.2, 0.25) is 0 Å². The fourth-order valence-corrected chi connectivity index (χ4v) is 0.947. The largest absolute Gasteiger partial charge is 0.370 e. The number of aromatic nitrogens is 2. The Morgan fingerprint density at radius 1 is 1.54 bits per heavy atom. The number of hydrogen-bond acceptors (Lipinski definition) is 4. The summed E-state index contributed by atoms with van der Waals surface area (Å²) in [5.74, 6) is 0.833. The maximum atomic E-state index is 10.4. The third kappa shape index (κ3) is 3.23. The Morgan fingerprint density at radius 3 is 2.92 bits per heavy atom. The molecule has 5 nitrogen and oxygen atoms in total. The van der Waals surface area contributed by atoms with Crippen molar-refractivity contribution in [3.05, 3.63) is 11.7 Å². The highest BCUT2D eigenvalue weighted by Crippen LogP contribution is 2.02. The van der Waals surface area contributed by atoms with Gasteiger partial charge in [-0.05, 0) is 6.42 Å². The lowest BCUT2D eigenvalue weighted by molar-refractivity contribution is -0.118. The second-order valence-corrected chi connectivity index (χ2v) is 2.82. The molecule has 0 saturated heterocycles. The van der Waals surface area contributed by atoms with Gasteiger partial charge in [-0.1, -0.05) is 12.1 Å². The van der Waals surface area contributed by atoms with E-state index in [0.29, 0.717) is 18.1 Å². The van der Waals surface area contributed by atoms with Gasteiger partial charge in [0.2, 0.25) is 11.8 Å². The molecule has 13 heavy (non-hydrogen) atoms. The van der Waals surface area contributed by atoms with Crippen LogP contribution in [-0.4, -0.2) is 16.0 Å². The molecule has 5 heteroatoms. The van der Waals surface area contributed by atoms with Crippen LogP contribution >= 0.6 is 0 Å².